The molecule has 3 aromatic carbocycles. The Kier molecular flexibility index (Phi) is 8.71. The minimum atomic E-state index is -4.82. The van der Waals surface area contributed by atoms with E-state index in [-0.39, 0.29) is 46.5 Å². The number of alkyl halides is 3. The molecule has 0 spiro atoms. The van der Waals surface area contributed by atoms with Crippen molar-refractivity contribution in [3.8, 4) is 11.5 Å². The summed E-state index contributed by atoms with van der Waals surface area (Å²) in [5, 5.41) is 12.2. The molecule has 280 valence electrons. The number of ketones is 2. The third-order valence-electron chi connectivity index (χ3n) is 11.6. The molecule has 1 aliphatic heterocycles. The number of carbonyl (C=O) groups is 4. The highest BCUT2D eigenvalue weighted by Gasteiger charge is 2.66. The zero-order valence-electron chi connectivity index (χ0n) is 29.5. The van der Waals surface area contributed by atoms with Crippen molar-refractivity contribution in [1.29, 1.82) is 0 Å². The molecule has 2 fully saturated rings. The van der Waals surface area contributed by atoms with Crippen molar-refractivity contribution < 1.29 is 42.2 Å². The maximum absolute atomic E-state index is 15.2. The lowest BCUT2D eigenvalue weighted by Crippen LogP contribution is -2.59. The van der Waals surface area contributed by atoms with Crippen molar-refractivity contribution in [2.75, 3.05) is 19.2 Å². The van der Waals surface area contributed by atoms with Gasteiger partial charge in [0.15, 0.2) is 28.9 Å². The van der Waals surface area contributed by atoms with E-state index in [1.54, 1.807) is 54.6 Å². The number of ether oxygens (including phenoxy) is 1. The second-order valence-electron chi connectivity index (χ2n) is 14.2. The molecule has 0 bridgehead atoms. The quantitative estimate of drug-likeness (QED) is 0.160. The maximum Gasteiger partial charge on any atom is 0.433 e. The van der Waals surface area contributed by atoms with Gasteiger partial charge >= 0.3 is 6.18 Å². The normalized spacial score (nSPS) is 26.1. The lowest BCUT2D eigenvalue weighted by molar-refractivity contribution is -0.141. The highest BCUT2D eigenvalue weighted by atomic mass is 35.5. The van der Waals surface area contributed by atoms with Crippen LogP contribution < -0.4 is 9.75 Å². The van der Waals surface area contributed by atoms with Crippen LogP contribution in [0.15, 0.2) is 109 Å². The molecule has 1 N–H and O–H groups in total. The fraction of sp³-hybridized carbons (Fsp3) is 0.262. The van der Waals surface area contributed by atoms with Crippen LogP contribution in [0.2, 0.25) is 5.02 Å². The minimum Gasteiger partial charge on any atom is -0.504 e. The molecule has 13 heteroatoms. The molecule has 1 saturated heterocycles. The van der Waals surface area contributed by atoms with Gasteiger partial charge in [-0.2, -0.15) is 18.2 Å². The van der Waals surface area contributed by atoms with Crippen LogP contribution in [-0.2, 0) is 30.8 Å². The Hall–Kier alpha value is -5.75. The van der Waals surface area contributed by atoms with E-state index in [0.717, 1.165) is 16.1 Å². The molecule has 0 radical (unpaired) electrons. The molecule has 6 atom stereocenters. The number of allylic oxidation sites excluding steroid dienone is 4. The third-order valence-corrected chi connectivity index (χ3v) is 11.9. The monoisotopic (exact) mass is 767 g/mol. The van der Waals surface area contributed by atoms with Crippen LogP contribution in [0.1, 0.15) is 41.1 Å². The fourth-order valence-electron chi connectivity index (χ4n) is 9.31. The van der Waals surface area contributed by atoms with Crippen molar-refractivity contribution in [3.05, 3.63) is 136 Å². The number of methoxy groups -OCH3 is 1. The fourth-order valence-corrected chi connectivity index (χ4v) is 9.54. The van der Waals surface area contributed by atoms with E-state index in [2.05, 4.69) is 4.98 Å². The summed E-state index contributed by atoms with van der Waals surface area (Å²) in [5.74, 6) is -7.02. The summed E-state index contributed by atoms with van der Waals surface area (Å²) in [7, 11) is 2.65. The Bertz CT molecular complexity index is 2330. The first-order valence-corrected chi connectivity index (χ1v) is 18.0. The predicted octanol–water partition coefficient (Wildman–Crippen LogP) is 7.34. The number of Topliss-reactive ketones (excluding diaryl/α,β-unsaturated/α-hetero) is 1. The molecule has 2 heterocycles. The number of benzene rings is 3. The first-order chi connectivity index (χ1) is 26.3. The summed E-state index contributed by atoms with van der Waals surface area (Å²) in [4.78, 5) is 62.8. The second kappa shape index (κ2) is 13.2. The van der Waals surface area contributed by atoms with Gasteiger partial charge in [0, 0.05) is 24.5 Å². The molecule has 3 aliphatic carbocycles. The molecule has 4 aliphatic rings. The number of carbonyl (C=O) groups excluding carboxylic acids is 4. The van der Waals surface area contributed by atoms with E-state index in [1.807, 2.05) is 24.3 Å². The zero-order chi connectivity index (χ0) is 39.0. The molecule has 1 aromatic heterocycles. The lowest BCUT2D eigenvalue weighted by Gasteiger charge is -2.55. The molecule has 55 heavy (non-hydrogen) atoms. The van der Waals surface area contributed by atoms with E-state index >= 15 is 9.59 Å². The number of pyridine rings is 1. The Balaban J connectivity index is 1.31. The summed E-state index contributed by atoms with van der Waals surface area (Å²) >= 11 is 6.31. The molecule has 8 rings (SSSR count). The van der Waals surface area contributed by atoms with Gasteiger partial charge in [-0.25, -0.2) is 4.98 Å². The van der Waals surface area contributed by atoms with Gasteiger partial charge in [0.25, 0.3) is 11.8 Å². The van der Waals surface area contributed by atoms with Gasteiger partial charge in [-0.05, 0) is 65.8 Å². The van der Waals surface area contributed by atoms with Gasteiger partial charge in [-0.1, -0.05) is 90.0 Å². The van der Waals surface area contributed by atoms with Gasteiger partial charge in [-0.3, -0.25) is 24.2 Å². The molecule has 2 amide bonds. The molecule has 9 nitrogen and oxygen atoms in total. The number of phenolic OH excluding ortho intramolecular Hbond substituents is 1. The molecule has 0 unspecified atom stereocenters. The van der Waals surface area contributed by atoms with Crippen molar-refractivity contribution in [1.82, 2.24) is 9.99 Å². The van der Waals surface area contributed by atoms with Crippen molar-refractivity contribution in [2.24, 2.45) is 23.7 Å². The number of hydrogen-bond acceptors (Lipinski definition) is 8. The number of amides is 2. The van der Waals surface area contributed by atoms with Gasteiger partial charge in [0.2, 0.25) is 0 Å². The number of anilines is 1. The standard InChI is InChI=1S/C42H33ClF3N3O6/c1-48(38-30(43)16-18-33(47-38)42(44,45)46)49-39(53)26-15-14-25-28(35(26)40(49)54)20-29-37(52)27(22-9-5-3-6-10-22)21-34(51)41(29,24-11-7-4-8-12-24)36(25)23-13-17-31(50)32(19-23)55-2/h3-14,16-19,21,26,28-29,35-36,50H,15,20H2,1-2H3/t26-,28+,29-,35-,36-,41-/m0/s1. The highest BCUT2D eigenvalue weighted by Crippen LogP contribution is 2.64. The van der Waals surface area contributed by atoms with Crippen molar-refractivity contribution in [2.45, 2.75) is 30.4 Å². The Labute approximate surface area is 318 Å². The average molecular weight is 768 g/mol. The van der Waals surface area contributed by atoms with Crippen LogP contribution in [0.4, 0.5) is 19.0 Å². The van der Waals surface area contributed by atoms with E-state index < -0.39 is 64.5 Å². The number of aromatic nitrogens is 1. The van der Waals surface area contributed by atoms with Crippen molar-refractivity contribution >= 4 is 46.4 Å². The number of nitrogens with zero attached hydrogens (tertiary/aromatic N) is 3. The van der Waals surface area contributed by atoms with Crippen LogP contribution in [0.3, 0.4) is 0 Å². The maximum atomic E-state index is 15.2. The zero-order valence-corrected chi connectivity index (χ0v) is 30.2. The number of fused-ring (bicyclic) bond motifs is 4. The van der Waals surface area contributed by atoms with Crippen LogP contribution in [0.5, 0.6) is 11.5 Å². The number of hydrogen-bond donors (Lipinski definition) is 1. The number of imide groups is 1. The number of hydrazine groups is 1. The Morgan fingerprint density at radius 1 is 0.927 bits per heavy atom. The number of halogens is 4. The van der Waals surface area contributed by atoms with Gasteiger partial charge in [-0.15, -0.1) is 0 Å². The SMILES string of the molecule is COc1cc([C@H]2C3=CC[C@@H]4C(=O)N(N(C)c5nc(C(F)(F)F)ccc5Cl)C(=O)[C@@H]4[C@@H]3C[C@H]3C(=O)C(c4ccccc4)=CC(=O)[C@@]23c2ccccc2)ccc1O. The minimum absolute atomic E-state index is 0.0154. The highest BCUT2D eigenvalue weighted by molar-refractivity contribution is 6.33. The number of phenols is 1. The summed E-state index contributed by atoms with van der Waals surface area (Å²) in [6.45, 7) is 0. The Morgan fingerprint density at radius 3 is 2.29 bits per heavy atom. The van der Waals surface area contributed by atoms with Crippen LogP contribution in [0, 0.1) is 23.7 Å². The van der Waals surface area contributed by atoms with Gasteiger partial charge in [0.1, 0.15) is 5.69 Å². The summed E-state index contributed by atoms with van der Waals surface area (Å²) in [6, 6.07) is 24.3. The van der Waals surface area contributed by atoms with E-state index in [9.17, 15) is 27.9 Å². The van der Waals surface area contributed by atoms with Gasteiger partial charge in [0.05, 0.1) is 29.4 Å². The van der Waals surface area contributed by atoms with Gasteiger partial charge < -0.3 is 9.84 Å². The molecule has 4 aromatic rings. The Morgan fingerprint density at radius 2 is 1.62 bits per heavy atom. The molecule has 1 saturated carbocycles. The largest absolute Gasteiger partial charge is 0.504 e. The number of aromatic hydroxyl groups is 1. The van der Waals surface area contributed by atoms with Crippen LogP contribution in [0.25, 0.3) is 5.57 Å². The average Bonchev–Trinajstić information content (AvgIpc) is 3.44. The third kappa shape index (κ3) is 5.48. The first-order valence-electron chi connectivity index (χ1n) is 17.6. The number of rotatable bonds is 6. The van der Waals surface area contributed by atoms with Crippen LogP contribution in [-0.4, -0.2) is 52.6 Å². The molecular weight excluding hydrogens is 735 g/mol. The smallest absolute Gasteiger partial charge is 0.433 e. The second-order valence-corrected chi connectivity index (χ2v) is 14.6. The van der Waals surface area contributed by atoms with E-state index in [1.165, 1.54) is 26.3 Å². The summed E-state index contributed by atoms with van der Waals surface area (Å²) < 4.78 is 46.6. The van der Waals surface area contributed by atoms with E-state index in [0.29, 0.717) is 28.3 Å². The summed E-state index contributed by atoms with van der Waals surface area (Å²) in [6.07, 6.45) is -1.46. The first kappa shape index (κ1) is 36.2. The predicted molar refractivity (Wildman–Crippen MR) is 196 cm³/mol. The topological polar surface area (TPSA) is 117 Å². The van der Waals surface area contributed by atoms with E-state index in [4.69, 9.17) is 16.3 Å². The summed E-state index contributed by atoms with van der Waals surface area (Å²) in [5.41, 5.74) is -0.192. The molecular formula is C42H33ClF3N3O6. The van der Waals surface area contributed by atoms with Crippen molar-refractivity contribution in [3.63, 3.8) is 0 Å². The van der Waals surface area contributed by atoms with Crippen LogP contribution >= 0.6 is 11.6 Å². The lowest BCUT2D eigenvalue weighted by atomic mass is 9.44.